The molecule has 0 aromatic heterocycles. The average Bonchev–Trinajstić information content (AvgIpc) is 2.46. The van der Waals surface area contributed by atoms with Crippen molar-refractivity contribution in [1.82, 2.24) is 0 Å². The summed E-state index contributed by atoms with van der Waals surface area (Å²) in [7, 11) is 0. The standard InChI is InChI=1S/C12H22/c1-2-10-6-8-11-4-3-5-12(11)9-7-10/h10-12H,2-9H2,1H3. The van der Waals surface area contributed by atoms with E-state index in [2.05, 4.69) is 6.92 Å². The second kappa shape index (κ2) is 3.81. The van der Waals surface area contributed by atoms with Gasteiger partial charge >= 0.3 is 0 Å². The number of hydrogen-bond donors (Lipinski definition) is 0. The molecular weight excluding hydrogens is 144 g/mol. The Morgan fingerprint density at radius 3 is 1.92 bits per heavy atom. The first kappa shape index (κ1) is 8.59. The zero-order valence-electron chi connectivity index (χ0n) is 8.39. The van der Waals surface area contributed by atoms with Crippen LogP contribution in [0.25, 0.3) is 0 Å². The van der Waals surface area contributed by atoms with Crippen LogP contribution in [0, 0.1) is 17.8 Å². The average molecular weight is 166 g/mol. The van der Waals surface area contributed by atoms with E-state index >= 15 is 0 Å². The molecule has 70 valence electrons. The highest BCUT2D eigenvalue weighted by atomic mass is 14.4. The fourth-order valence-corrected chi connectivity index (χ4v) is 3.33. The SMILES string of the molecule is CCC1CCC2CCCC2CC1. The van der Waals surface area contributed by atoms with E-state index in [1.165, 1.54) is 25.7 Å². The van der Waals surface area contributed by atoms with Gasteiger partial charge in [0.2, 0.25) is 0 Å². The molecule has 2 aliphatic carbocycles. The van der Waals surface area contributed by atoms with Crippen LogP contribution in [-0.4, -0.2) is 0 Å². The van der Waals surface area contributed by atoms with E-state index in [9.17, 15) is 0 Å². The number of hydrogen-bond acceptors (Lipinski definition) is 0. The van der Waals surface area contributed by atoms with Gasteiger partial charge in [0.25, 0.3) is 0 Å². The maximum Gasteiger partial charge on any atom is -0.0386 e. The van der Waals surface area contributed by atoms with Crippen LogP contribution in [-0.2, 0) is 0 Å². The summed E-state index contributed by atoms with van der Waals surface area (Å²) < 4.78 is 0. The summed E-state index contributed by atoms with van der Waals surface area (Å²) in [5.41, 5.74) is 0. The van der Waals surface area contributed by atoms with Crippen molar-refractivity contribution in [2.24, 2.45) is 17.8 Å². The lowest BCUT2D eigenvalue weighted by atomic mass is 9.92. The topological polar surface area (TPSA) is 0 Å². The van der Waals surface area contributed by atoms with Crippen LogP contribution in [0.3, 0.4) is 0 Å². The van der Waals surface area contributed by atoms with Crippen LogP contribution in [0.4, 0.5) is 0 Å². The smallest absolute Gasteiger partial charge is 0.0386 e. The maximum absolute atomic E-state index is 2.37. The van der Waals surface area contributed by atoms with Crippen molar-refractivity contribution >= 4 is 0 Å². The molecule has 0 amide bonds. The van der Waals surface area contributed by atoms with Gasteiger partial charge in [0.05, 0.1) is 0 Å². The molecule has 0 spiro atoms. The summed E-state index contributed by atoms with van der Waals surface area (Å²) >= 11 is 0. The molecule has 0 heteroatoms. The Bertz CT molecular complexity index is 125. The molecule has 0 aliphatic heterocycles. The third kappa shape index (κ3) is 1.67. The molecule has 0 aromatic rings. The van der Waals surface area contributed by atoms with Gasteiger partial charge in [-0.25, -0.2) is 0 Å². The van der Waals surface area contributed by atoms with E-state index in [0.717, 1.165) is 17.8 Å². The lowest BCUT2D eigenvalue weighted by molar-refractivity contribution is 0.367. The second-order valence-electron chi connectivity index (χ2n) is 4.88. The van der Waals surface area contributed by atoms with Crippen molar-refractivity contribution < 1.29 is 0 Å². The number of fused-ring (bicyclic) bond motifs is 1. The molecule has 2 fully saturated rings. The minimum Gasteiger partial charge on any atom is -0.0651 e. The van der Waals surface area contributed by atoms with Crippen molar-refractivity contribution in [3.8, 4) is 0 Å². The fraction of sp³-hybridized carbons (Fsp3) is 1.00. The first-order valence-corrected chi connectivity index (χ1v) is 5.90. The molecule has 2 atom stereocenters. The van der Waals surface area contributed by atoms with Gasteiger partial charge in [-0.1, -0.05) is 45.4 Å². The van der Waals surface area contributed by atoms with Gasteiger partial charge in [-0.15, -0.1) is 0 Å². The van der Waals surface area contributed by atoms with Crippen molar-refractivity contribution in [3.63, 3.8) is 0 Å². The van der Waals surface area contributed by atoms with Crippen molar-refractivity contribution in [3.05, 3.63) is 0 Å². The Hall–Kier alpha value is 0. The predicted octanol–water partition coefficient (Wildman–Crippen LogP) is 4.00. The fourth-order valence-electron chi connectivity index (χ4n) is 3.33. The molecule has 0 radical (unpaired) electrons. The molecule has 0 N–H and O–H groups in total. The van der Waals surface area contributed by atoms with Crippen molar-refractivity contribution in [1.29, 1.82) is 0 Å². The van der Waals surface area contributed by atoms with Crippen LogP contribution >= 0.6 is 0 Å². The quantitative estimate of drug-likeness (QED) is 0.552. The Kier molecular flexibility index (Phi) is 2.73. The van der Waals surface area contributed by atoms with E-state index in [1.54, 1.807) is 25.7 Å². The second-order valence-corrected chi connectivity index (χ2v) is 4.88. The van der Waals surface area contributed by atoms with E-state index in [4.69, 9.17) is 0 Å². The van der Waals surface area contributed by atoms with Crippen LogP contribution < -0.4 is 0 Å². The normalized spacial score (nSPS) is 42.2. The third-order valence-electron chi connectivity index (χ3n) is 4.29. The molecule has 0 nitrogen and oxygen atoms in total. The van der Waals surface area contributed by atoms with Crippen LogP contribution in [0.1, 0.15) is 58.3 Å². The van der Waals surface area contributed by atoms with Gasteiger partial charge in [-0.2, -0.15) is 0 Å². The van der Waals surface area contributed by atoms with Gasteiger partial charge < -0.3 is 0 Å². The molecule has 0 bridgehead atoms. The first-order valence-electron chi connectivity index (χ1n) is 5.90. The monoisotopic (exact) mass is 166 g/mol. The van der Waals surface area contributed by atoms with Crippen LogP contribution in [0.5, 0.6) is 0 Å². The largest absolute Gasteiger partial charge is 0.0651 e. The highest BCUT2D eigenvalue weighted by Gasteiger charge is 2.30. The molecule has 0 aromatic carbocycles. The zero-order valence-corrected chi connectivity index (χ0v) is 8.39. The Labute approximate surface area is 76.7 Å². The predicted molar refractivity (Wildman–Crippen MR) is 53.1 cm³/mol. The molecule has 2 unspecified atom stereocenters. The van der Waals surface area contributed by atoms with Crippen molar-refractivity contribution in [2.75, 3.05) is 0 Å². The molecule has 2 saturated carbocycles. The van der Waals surface area contributed by atoms with Gasteiger partial charge in [0, 0.05) is 0 Å². The molecule has 12 heavy (non-hydrogen) atoms. The summed E-state index contributed by atoms with van der Waals surface area (Å²) in [4.78, 5) is 0. The Morgan fingerprint density at radius 2 is 1.42 bits per heavy atom. The summed E-state index contributed by atoms with van der Waals surface area (Å²) in [6, 6.07) is 0. The molecule has 2 rings (SSSR count). The van der Waals surface area contributed by atoms with Crippen LogP contribution in [0.2, 0.25) is 0 Å². The Balaban J connectivity index is 1.90. The molecule has 0 saturated heterocycles. The highest BCUT2D eigenvalue weighted by Crippen LogP contribution is 2.42. The lowest BCUT2D eigenvalue weighted by Gasteiger charge is -2.14. The molecular formula is C12H22. The molecule has 0 heterocycles. The zero-order chi connectivity index (χ0) is 8.39. The van der Waals surface area contributed by atoms with E-state index in [-0.39, 0.29) is 0 Å². The summed E-state index contributed by atoms with van der Waals surface area (Å²) in [6.07, 6.45) is 12.3. The molecule has 2 aliphatic rings. The minimum atomic E-state index is 1.08. The van der Waals surface area contributed by atoms with E-state index in [0.29, 0.717) is 0 Å². The van der Waals surface area contributed by atoms with E-state index < -0.39 is 0 Å². The van der Waals surface area contributed by atoms with Crippen LogP contribution in [0.15, 0.2) is 0 Å². The first-order chi connectivity index (χ1) is 5.90. The maximum atomic E-state index is 2.37. The van der Waals surface area contributed by atoms with Gasteiger partial charge in [0.1, 0.15) is 0 Å². The summed E-state index contributed by atoms with van der Waals surface area (Å²) in [5.74, 6) is 3.36. The minimum absolute atomic E-state index is 1.08. The van der Waals surface area contributed by atoms with Gasteiger partial charge in [0.15, 0.2) is 0 Å². The van der Waals surface area contributed by atoms with Gasteiger partial charge in [-0.05, 0) is 30.6 Å². The lowest BCUT2D eigenvalue weighted by Crippen LogP contribution is -2.04. The third-order valence-corrected chi connectivity index (χ3v) is 4.29. The highest BCUT2D eigenvalue weighted by molar-refractivity contribution is 4.81. The van der Waals surface area contributed by atoms with Crippen molar-refractivity contribution in [2.45, 2.75) is 58.3 Å². The van der Waals surface area contributed by atoms with Gasteiger partial charge in [-0.3, -0.25) is 0 Å². The number of rotatable bonds is 1. The summed E-state index contributed by atoms with van der Waals surface area (Å²) in [6.45, 7) is 2.37. The Morgan fingerprint density at radius 1 is 0.833 bits per heavy atom. The summed E-state index contributed by atoms with van der Waals surface area (Å²) in [5, 5.41) is 0. The van der Waals surface area contributed by atoms with E-state index in [1.807, 2.05) is 0 Å².